The Morgan fingerprint density at radius 2 is 1.76 bits per heavy atom. The average Bonchev–Trinajstić information content (AvgIpc) is 2.35. The fourth-order valence-corrected chi connectivity index (χ4v) is 2.83. The van der Waals surface area contributed by atoms with Crippen molar-refractivity contribution in [3.63, 3.8) is 0 Å². The van der Waals surface area contributed by atoms with E-state index in [0.717, 1.165) is 27.4 Å². The number of hydrogen-bond acceptors (Lipinski definition) is 3. The maximum absolute atomic E-state index is 14.0. The number of halogens is 2. The van der Waals surface area contributed by atoms with Gasteiger partial charge in [-0.2, -0.15) is 0 Å². The Bertz CT molecular complexity index is 708. The summed E-state index contributed by atoms with van der Waals surface area (Å²) in [4.78, 5) is 11.3. The van der Waals surface area contributed by atoms with Crippen LogP contribution in [0.25, 0.3) is 0 Å². The van der Waals surface area contributed by atoms with E-state index in [1.54, 1.807) is 0 Å². The fraction of sp³-hybridized carbons (Fsp3) is 0.133. The lowest BCUT2D eigenvalue weighted by Gasteiger charge is -2.15. The minimum Gasteiger partial charge on any atom is -0.398 e. The van der Waals surface area contributed by atoms with Gasteiger partial charge in [0, 0.05) is 15.8 Å². The number of primary amides is 1. The van der Waals surface area contributed by atoms with Crippen LogP contribution in [0, 0.1) is 19.7 Å². The summed E-state index contributed by atoms with van der Waals surface area (Å²) in [5, 5.41) is 3.00. The minimum absolute atomic E-state index is 0.0230. The van der Waals surface area contributed by atoms with Gasteiger partial charge in [0.15, 0.2) is 0 Å². The fourth-order valence-electron chi connectivity index (χ4n) is 2.14. The predicted octanol–water partition coefficient (Wildman–Crippen LogP) is 3.63. The van der Waals surface area contributed by atoms with Gasteiger partial charge in [-0.1, -0.05) is 15.9 Å². The Morgan fingerprint density at radius 1 is 1.19 bits per heavy atom. The molecule has 0 aromatic heterocycles. The van der Waals surface area contributed by atoms with Gasteiger partial charge in [-0.15, -0.1) is 0 Å². The summed E-state index contributed by atoms with van der Waals surface area (Å²) in [6.07, 6.45) is 0. The molecule has 110 valence electrons. The number of aryl methyl sites for hydroxylation is 2. The molecule has 21 heavy (non-hydrogen) atoms. The molecule has 2 rings (SSSR count). The van der Waals surface area contributed by atoms with Crippen LogP contribution >= 0.6 is 15.9 Å². The molecule has 1 amide bonds. The smallest absolute Gasteiger partial charge is 0.250 e. The summed E-state index contributed by atoms with van der Waals surface area (Å²) in [6.45, 7) is 3.81. The Hall–Kier alpha value is -2.08. The van der Waals surface area contributed by atoms with Gasteiger partial charge in [0.05, 0.1) is 11.3 Å². The molecular weight excluding hydrogens is 337 g/mol. The molecule has 0 bridgehead atoms. The highest BCUT2D eigenvalue weighted by Crippen LogP contribution is 2.30. The molecular formula is C15H15BrFN3O. The van der Waals surface area contributed by atoms with E-state index >= 15 is 0 Å². The quantitative estimate of drug-likeness (QED) is 0.738. The largest absolute Gasteiger partial charge is 0.398 e. The van der Waals surface area contributed by atoms with Crippen LogP contribution in [0.1, 0.15) is 21.5 Å². The number of carbonyl (C=O) groups is 1. The number of nitrogen functional groups attached to an aromatic ring is 1. The van der Waals surface area contributed by atoms with Gasteiger partial charge in [-0.3, -0.25) is 4.79 Å². The Labute approximate surface area is 130 Å². The van der Waals surface area contributed by atoms with Gasteiger partial charge in [-0.25, -0.2) is 4.39 Å². The standard InChI is InChI=1S/C15H15BrFN3O/c1-7-3-9(16)4-8(2)14(7)20-13-5-10(15(19)21)12(18)6-11(13)17/h3-6,20H,18H2,1-2H3,(H2,19,21). The molecule has 0 radical (unpaired) electrons. The van der Waals surface area contributed by atoms with Crippen molar-refractivity contribution in [3.8, 4) is 0 Å². The van der Waals surface area contributed by atoms with E-state index < -0.39 is 11.7 Å². The second-order valence-electron chi connectivity index (χ2n) is 4.82. The first-order chi connectivity index (χ1) is 9.79. The van der Waals surface area contributed by atoms with Crippen molar-refractivity contribution in [1.29, 1.82) is 0 Å². The third-order valence-corrected chi connectivity index (χ3v) is 3.62. The number of anilines is 3. The average molecular weight is 352 g/mol. The van der Waals surface area contributed by atoms with E-state index in [-0.39, 0.29) is 16.9 Å². The molecule has 4 nitrogen and oxygen atoms in total. The van der Waals surface area contributed by atoms with Crippen LogP contribution in [-0.2, 0) is 0 Å². The molecule has 6 heteroatoms. The van der Waals surface area contributed by atoms with Crippen molar-refractivity contribution < 1.29 is 9.18 Å². The van der Waals surface area contributed by atoms with Crippen LogP contribution in [0.2, 0.25) is 0 Å². The highest BCUT2D eigenvalue weighted by molar-refractivity contribution is 9.10. The molecule has 0 saturated heterocycles. The van der Waals surface area contributed by atoms with Crippen molar-refractivity contribution in [2.45, 2.75) is 13.8 Å². The summed E-state index contributed by atoms with van der Waals surface area (Å²) >= 11 is 3.41. The van der Waals surface area contributed by atoms with Crippen molar-refractivity contribution >= 4 is 38.9 Å². The lowest BCUT2D eigenvalue weighted by atomic mass is 10.1. The zero-order chi connectivity index (χ0) is 15.7. The van der Waals surface area contributed by atoms with Gasteiger partial charge in [0.25, 0.3) is 5.91 Å². The van der Waals surface area contributed by atoms with Crippen molar-refractivity contribution in [1.82, 2.24) is 0 Å². The molecule has 0 unspecified atom stereocenters. The van der Waals surface area contributed by atoms with E-state index in [2.05, 4.69) is 21.2 Å². The number of carbonyl (C=O) groups excluding carboxylic acids is 1. The van der Waals surface area contributed by atoms with Gasteiger partial charge in [0.2, 0.25) is 0 Å². The minimum atomic E-state index is -0.695. The van der Waals surface area contributed by atoms with Crippen molar-refractivity contribution in [2.24, 2.45) is 5.73 Å². The Kier molecular flexibility index (Phi) is 4.18. The molecule has 0 saturated carbocycles. The van der Waals surface area contributed by atoms with Gasteiger partial charge in [0.1, 0.15) is 5.82 Å². The highest BCUT2D eigenvalue weighted by atomic mass is 79.9. The lowest BCUT2D eigenvalue weighted by molar-refractivity contribution is 0.100. The summed E-state index contributed by atoms with van der Waals surface area (Å²) in [5.74, 6) is -1.24. The summed E-state index contributed by atoms with van der Waals surface area (Å²) in [5.41, 5.74) is 13.8. The number of nitrogens with two attached hydrogens (primary N) is 2. The van der Waals surface area contributed by atoms with E-state index in [4.69, 9.17) is 11.5 Å². The van der Waals surface area contributed by atoms with Gasteiger partial charge >= 0.3 is 0 Å². The van der Waals surface area contributed by atoms with Crippen LogP contribution < -0.4 is 16.8 Å². The molecule has 0 spiro atoms. The van der Waals surface area contributed by atoms with Crippen LogP contribution in [0.15, 0.2) is 28.7 Å². The SMILES string of the molecule is Cc1cc(Br)cc(C)c1Nc1cc(C(N)=O)c(N)cc1F. The summed E-state index contributed by atoms with van der Waals surface area (Å²) in [6, 6.07) is 6.25. The molecule has 0 aliphatic heterocycles. The van der Waals surface area contributed by atoms with Crippen molar-refractivity contribution in [2.75, 3.05) is 11.1 Å². The molecule has 0 atom stereocenters. The predicted molar refractivity (Wildman–Crippen MR) is 86.2 cm³/mol. The molecule has 5 N–H and O–H groups in total. The van der Waals surface area contributed by atoms with Gasteiger partial charge < -0.3 is 16.8 Å². The number of benzene rings is 2. The maximum Gasteiger partial charge on any atom is 0.250 e. The zero-order valence-corrected chi connectivity index (χ0v) is 13.2. The van der Waals surface area contributed by atoms with Crippen LogP contribution in [0.3, 0.4) is 0 Å². The zero-order valence-electron chi connectivity index (χ0n) is 11.6. The first-order valence-corrected chi connectivity index (χ1v) is 7.01. The third kappa shape index (κ3) is 3.16. The summed E-state index contributed by atoms with van der Waals surface area (Å²) < 4.78 is 15.0. The van der Waals surface area contributed by atoms with E-state index in [1.807, 2.05) is 26.0 Å². The van der Waals surface area contributed by atoms with Crippen LogP contribution in [0.5, 0.6) is 0 Å². The molecule has 0 aliphatic rings. The van der Waals surface area contributed by atoms with Crippen LogP contribution in [0.4, 0.5) is 21.5 Å². The summed E-state index contributed by atoms with van der Waals surface area (Å²) in [7, 11) is 0. The van der Waals surface area contributed by atoms with E-state index in [9.17, 15) is 9.18 Å². The first kappa shape index (κ1) is 15.3. The third-order valence-electron chi connectivity index (χ3n) is 3.16. The van der Waals surface area contributed by atoms with E-state index in [1.165, 1.54) is 6.07 Å². The normalized spacial score (nSPS) is 10.5. The topological polar surface area (TPSA) is 81.1 Å². The monoisotopic (exact) mass is 351 g/mol. The maximum atomic E-state index is 14.0. The number of nitrogens with one attached hydrogen (secondary N) is 1. The highest BCUT2D eigenvalue weighted by Gasteiger charge is 2.13. The van der Waals surface area contributed by atoms with Gasteiger partial charge in [-0.05, 0) is 49.2 Å². The molecule has 2 aromatic rings. The molecule has 2 aromatic carbocycles. The van der Waals surface area contributed by atoms with Crippen LogP contribution in [-0.4, -0.2) is 5.91 Å². The lowest BCUT2D eigenvalue weighted by Crippen LogP contribution is -2.14. The molecule has 0 heterocycles. The Morgan fingerprint density at radius 3 is 2.29 bits per heavy atom. The van der Waals surface area contributed by atoms with E-state index in [0.29, 0.717) is 0 Å². The Balaban J connectivity index is 2.50. The number of hydrogen-bond donors (Lipinski definition) is 3. The number of rotatable bonds is 3. The second kappa shape index (κ2) is 5.73. The van der Waals surface area contributed by atoms with Crippen molar-refractivity contribution in [3.05, 3.63) is 51.2 Å². The molecule has 0 fully saturated rings. The number of amides is 1. The molecule has 0 aliphatic carbocycles. The first-order valence-electron chi connectivity index (χ1n) is 6.22. The second-order valence-corrected chi connectivity index (χ2v) is 5.74.